The van der Waals surface area contributed by atoms with Crippen LogP contribution >= 0.6 is 15.9 Å². The number of rotatable bonds is 5. The van der Waals surface area contributed by atoms with Crippen molar-refractivity contribution in [3.63, 3.8) is 0 Å². The minimum absolute atomic E-state index is 0.0282. The predicted molar refractivity (Wildman–Crippen MR) is 109 cm³/mol. The van der Waals surface area contributed by atoms with Crippen LogP contribution in [0.4, 0.5) is 10.1 Å². The second kappa shape index (κ2) is 8.10. The smallest absolute Gasteiger partial charge is 0.267 e. The van der Waals surface area contributed by atoms with Gasteiger partial charge in [-0.1, -0.05) is 12.1 Å². The molecule has 3 amide bonds. The molecular formula is C19H17BrFN5O3. The number of hydrogen-bond acceptors (Lipinski definition) is 5. The molecule has 2 aromatic carbocycles. The number of anilines is 1. The quantitative estimate of drug-likeness (QED) is 0.534. The second-order valence-electron chi connectivity index (χ2n) is 6.19. The van der Waals surface area contributed by atoms with Crippen molar-refractivity contribution >= 4 is 45.1 Å². The minimum atomic E-state index is -1.57. The van der Waals surface area contributed by atoms with Crippen molar-refractivity contribution in [2.75, 3.05) is 19.0 Å². The summed E-state index contributed by atoms with van der Waals surface area (Å²) in [5.41, 5.74) is 5.11. The lowest BCUT2D eigenvalue weighted by Crippen LogP contribution is -2.58. The molecule has 5 N–H and O–H groups in total. The third-order valence-electron chi connectivity index (χ3n) is 4.50. The summed E-state index contributed by atoms with van der Waals surface area (Å²) in [6.45, 7) is 0.0583. The third kappa shape index (κ3) is 3.76. The maximum atomic E-state index is 13.2. The average Bonchev–Trinajstić information content (AvgIpc) is 3.14. The molecule has 8 nitrogen and oxygen atoms in total. The van der Waals surface area contributed by atoms with Crippen molar-refractivity contribution in [2.24, 2.45) is 10.7 Å². The first kappa shape index (κ1) is 20.6. The molecule has 1 heterocycles. The van der Waals surface area contributed by atoms with E-state index in [-0.39, 0.29) is 17.9 Å². The lowest BCUT2D eigenvalue weighted by atomic mass is 9.84. The van der Waals surface area contributed by atoms with Crippen LogP contribution in [0, 0.1) is 5.82 Å². The molecule has 29 heavy (non-hydrogen) atoms. The van der Waals surface area contributed by atoms with Gasteiger partial charge in [0, 0.05) is 17.2 Å². The highest BCUT2D eigenvalue weighted by molar-refractivity contribution is 9.10. The summed E-state index contributed by atoms with van der Waals surface area (Å²) in [6, 6.07) is 10.0. The highest BCUT2D eigenvalue weighted by Gasteiger charge is 2.49. The van der Waals surface area contributed by atoms with E-state index in [2.05, 4.69) is 36.9 Å². The van der Waals surface area contributed by atoms with Crippen LogP contribution in [-0.4, -0.2) is 37.1 Å². The van der Waals surface area contributed by atoms with E-state index >= 15 is 0 Å². The van der Waals surface area contributed by atoms with Gasteiger partial charge in [-0.15, -0.1) is 0 Å². The Labute approximate surface area is 173 Å². The van der Waals surface area contributed by atoms with E-state index in [1.807, 2.05) is 0 Å². The standard InChI is InChI=1S/C19H17BrFN5O3/c1-23-17(28)15-19(18(22)29,25-9-24-15)10-2-5-12(6-3-10)26-16(27)13-7-4-11(21)8-14(13)20/h2-8,25H,9H2,1H3,(H2,22,29)(H,23,28)(H,26,27). The Hall–Kier alpha value is -3.11. The number of amides is 3. The number of primary amides is 1. The molecule has 0 aromatic heterocycles. The van der Waals surface area contributed by atoms with Crippen LogP contribution in [0.3, 0.4) is 0 Å². The van der Waals surface area contributed by atoms with E-state index in [9.17, 15) is 18.8 Å². The third-order valence-corrected chi connectivity index (χ3v) is 5.16. The maximum absolute atomic E-state index is 13.2. The topological polar surface area (TPSA) is 126 Å². The Bertz CT molecular complexity index is 1030. The van der Waals surface area contributed by atoms with Crippen LogP contribution in [0.2, 0.25) is 0 Å². The normalized spacial score (nSPS) is 18.1. The summed E-state index contributed by atoms with van der Waals surface area (Å²) < 4.78 is 13.5. The van der Waals surface area contributed by atoms with Crippen molar-refractivity contribution in [3.05, 3.63) is 63.9 Å². The summed E-state index contributed by atoms with van der Waals surface area (Å²) in [6.07, 6.45) is 0. The highest BCUT2D eigenvalue weighted by Crippen LogP contribution is 2.28. The fourth-order valence-electron chi connectivity index (χ4n) is 3.06. The van der Waals surface area contributed by atoms with Crippen molar-refractivity contribution in [2.45, 2.75) is 5.54 Å². The monoisotopic (exact) mass is 461 g/mol. The van der Waals surface area contributed by atoms with Crippen LogP contribution in [0.15, 0.2) is 51.9 Å². The summed E-state index contributed by atoms with van der Waals surface area (Å²) in [5, 5.41) is 8.01. The van der Waals surface area contributed by atoms with Gasteiger partial charge < -0.3 is 16.4 Å². The molecule has 0 fully saturated rings. The molecule has 10 heteroatoms. The number of halogens is 2. The van der Waals surface area contributed by atoms with Gasteiger partial charge in [-0.3, -0.25) is 24.7 Å². The van der Waals surface area contributed by atoms with E-state index in [1.165, 1.54) is 25.2 Å². The van der Waals surface area contributed by atoms with Crippen molar-refractivity contribution < 1.29 is 18.8 Å². The van der Waals surface area contributed by atoms with E-state index in [0.717, 1.165) is 0 Å². The van der Waals surface area contributed by atoms with Gasteiger partial charge in [0.25, 0.3) is 11.8 Å². The molecule has 0 saturated carbocycles. The van der Waals surface area contributed by atoms with E-state index in [1.54, 1.807) is 24.3 Å². The molecule has 150 valence electrons. The molecular weight excluding hydrogens is 445 g/mol. The van der Waals surface area contributed by atoms with Gasteiger partial charge in [0.15, 0.2) is 5.54 Å². The van der Waals surface area contributed by atoms with Crippen LogP contribution in [-0.2, 0) is 15.1 Å². The Kier molecular flexibility index (Phi) is 5.76. The van der Waals surface area contributed by atoms with Crippen LogP contribution in [0.1, 0.15) is 15.9 Å². The summed E-state index contributed by atoms with van der Waals surface area (Å²) >= 11 is 3.16. The highest BCUT2D eigenvalue weighted by atomic mass is 79.9. The van der Waals surface area contributed by atoms with Crippen molar-refractivity contribution in [3.8, 4) is 0 Å². The van der Waals surface area contributed by atoms with E-state index in [4.69, 9.17) is 5.73 Å². The first-order valence-corrected chi connectivity index (χ1v) is 9.27. The van der Waals surface area contributed by atoms with E-state index in [0.29, 0.717) is 15.7 Å². The van der Waals surface area contributed by atoms with E-state index < -0.39 is 29.1 Å². The Morgan fingerprint density at radius 2 is 1.86 bits per heavy atom. The number of carbonyl (C=O) groups is 3. The molecule has 1 atom stereocenters. The van der Waals surface area contributed by atoms with Crippen molar-refractivity contribution in [1.82, 2.24) is 10.6 Å². The van der Waals surface area contributed by atoms with Gasteiger partial charge in [0.05, 0.1) is 12.2 Å². The van der Waals surface area contributed by atoms with Crippen LogP contribution in [0.25, 0.3) is 0 Å². The number of nitrogens with zero attached hydrogens (tertiary/aromatic N) is 1. The largest absolute Gasteiger partial charge is 0.367 e. The molecule has 1 aliphatic heterocycles. The molecule has 0 bridgehead atoms. The summed E-state index contributed by atoms with van der Waals surface area (Å²) in [7, 11) is 1.43. The Morgan fingerprint density at radius 1 is 1.17 bits per heavy atom. The zero-order valence-corrected chi connectivity index (χ0v) is 16.8. The molecule has 1 unspecified atom stereocenters. The van der Waals surface area contributed by atoms with Gasteiger partial charge in [0.2, 0.25) is 5.91 Å². The van der Waals surface area contributed by atoms with Gasteiger partial charge >= 0.3 is 0 Å². The molecule has 0 saturated heterocycles. The average molecular weight is 462 g/mol. The minimum Gasteiger partial charge on any atom is -0.367 e. The fourth-order valence-corrected chi connectivity index (χ4v) is 3.59. The van der Waals surface area contributed by atoms with Gasteiger partial charge in [-0.25, -0.2) is 4.39 Å². The number of carbonyl (C=O) groups excluding carboxylic acids is 3. The van der Waals surface area contributed by atoms with Gasteiger partial charge in [-0.2, -0.15) is 0 Å². The zero-order chi connectivity index (χ0) is 21.2. The Morgan fingerprint density at radius 3 is 2.45 bits per heavy atom. The van der Waals surface area contributed by atoms with Crippen LogP contribution < -0.4 is 21.7 Å². The molecule has 0 spiro atoms. The van der Waals surface area contributed by atoms with Crippen LogP contribution in [0.5, 0.6) is 0 Å². The number of hydrogen-bond donors (Lipinski definition) is 4. The van der Waals surface area contributed by atoms with Crippen molar-refractivity contribution in [1.29, 1.82) is 0 Å². The number of benzene rings is 2. The lowest BCUT2D eigenvalue weighted by Gasteiger charge is -2.27. The maximum Gasteiger partial charge on any atom is 0.267 e. The second-order valence-corrected chi connectivity index (χ2v) is 7.04. The number of nitrogens with two attached hydrogens (primary N) is 1. The SMILES string of the molecule is CNC(=O)C1=NCNC1(C(N)=O)c1ccc(NC(=O)c2ccc(F)cc2Br)cc1. The van der Waals surface area contributed by atoms with Gasteiger partial charge in [0.1, 0.15) is 11.5 Å². The number of nitrogens with one attached hydrogen (secondary N) is 3. The first-order valence-electron chi connectivity index (χ1n) is 8.48. The molecule has 0 aliphatic carbocycles. The number of aliphatic imine (C=N–C) groups is 1. The zero-order valence-electron chi connectivity index (χ0n) is 15.3. The predicted octanol–water partition coefficient (Wildman–Crippen LogP) is 1.27. The summed E-state index contributed by atoms with van der Waals surface area (Å²) in [4.78, 5) is 40.9. The molecule has 0 radical (unpaired) electrons. The first-order chi connectivity index (χ1) is 13.8. The lowest BCUT2D eigenvalue weighted by molar-refractivity contribution is -0.123. The fraction of sp³-hybridized carbons (Fsp3) is 0.158. The molecule has 3 rings (SSSR count). The molecule has 2 aromatic rings. The van der Waals surface area contributed by atoms with Gasteiger partial charge in [-0.05, 0) is 51.8 Å². The summed E-state index contributed by atoms with van der Waals surface area (Å²) in [5.74, 6) is -2.20. The Balaban J connectivity index is 1.87. The molecule has 1 aliphatic rings.